The van der Waals surface area contributed by atoms with E-state index in [0.717, 1.165) is 36.1 Å². The molecular formula is C27H42ClNO4. The summed E-state index contributed by atoms with van der Waals surface area (Å²) >= 11 is 0. The molecular weight excluding hydrogens is 438 g/mol. The number of hydroxylamine groups is 1. The van der Waals surface area contributed by atoms with Gasteiger partial charge in [0.05, 0.1) is 0 Å². The van der Waals surface area contributed by atoms with Gasteiger partial charge in [0.15, 0.2) is 0 Å². The van der Waals surface area contributed by atoms with Crippen molar-refractivity contribution in [1.29, 1.82) is 0 Å². The summed E-state index contributed by atoms with van der Waals surface area (Å²) in [6.45, 7) is 12.9. The highest BCUT2D eigenvalue weighted by atomic mass is 35.5. The first kappa shape index (κ1) is 29.4. The summed E-state index contributed by atoms with van der Waals surface area (Å²) in [5, 5.41) is 0. The SMILES string of the molecule is CCc1ccccc1C(NOC(C)Oc1cccc(CC(C)C)c1CC(C)C)(OC)OC.Cl. The minimum absolute atomic E-state index is 0. The maximum Gasteiger partial charge on any atom is 0.277 e. The third-order valence-electron chi connectivity index (χ3n) is 5.45. The van der Waals surface area contributed by atoms with Crippen molar-refractivity contribution in [3.8, 4) is 5.75 Å². The average molecular weight is 480 g/mol. The predicted octanol–water partition coefficient (Wildman–Crippen LogP) is 6.42. The standard InChI is InChI=1S/C27H41NO4.ClH/c1-9-22-13-10-11-15-25(22)27(29-7,30-8)28-32-21(6)31-26-16-12-14-23(17-19(2)3)24(26)18-20(4)5;/h10-16,19-21,28H,9,17-18H2,1-8H3;1H. The third kappa shape index (κ3) is 7.97. The highest BCUT2D eigenvalue weighted by Gasteiger charge is 2.35. The molecule has 0 aliphatic carbocycles. The van der Waals surface area contributed by atoms with Gasteiger partial charge in [-0.1, -0.05) is 71.0 Å². The lowest BCUT2D eigenvalue weighted by molar-refractivity contribution is -0.316. The molecule has 0 fully saturated rings. The van der Waals surface area contributed by atoms with E-state index in [-0.39, 0.29) is 12.4 Å². The Morgan fingerprint density at radius 1 is 0.818 bits per heavy atom. The Morgan fingerprint density at radius 2 is 1.42 bits per heavy atom. The van der Waals surface area contributed by atoms with Crippen LogP contribution >= 0.6 is 12.4 Å². The van der Waals surface area contributed by atoms with Gasteiger partial charge in [-0.25, -0.2) is 0 Å². The summed E-state index contributed by atoms with van der Waals surface area (Å²) in [7, 11) is 3.18. The smallest absolute Gasteiger partial charge is 0.277 e. The first-order valence-corrected chi connectivity index (χ1v) is 11.6. The molecule has 0 radical (unpaired) electrons. The van der Waals surface area contributed by atoms with Gasteiger partial charge in [0.2, 0.25) is 6.29 Å². The van der Waals surface area contributed by atoms with Gasteiger partial charge in [-0.2, -0.15) is 0 Å². The Hall–Kier alpha value is -1.63. The van der Waals surface area contributed by atoms with E-state index < -0.39 is 12.2 Å². The summed E-state index contributed by atoms with van der Waals surface area (Å²) in [6, 6.07) is 14.3. The Kier molecular flexibility index (Phi) is 12.4. The Balaban J connectivity index is 0.00000544. The minimum Gasteiger partial charge on any atom is -0.463 e. The van der Waals surface area contributed by atoms with Crippen LogP contribution in [0.1, 0.15) is 63.8 Å². The summed E-state index contributed by atoms with van der Waals surface area (Å²) < 4.78 is 17.7. The van der Waals surface area contributed by atoms with Gasteiger partial charge < -0.3 is 14.2 Å². The van der Waals surface area contributed by atoms with E-state index in [4.69, 9.17) is 19.0 Å². The van der Waals surface area contributed by atoms with Crippen molar-refractivity contribution >= 4 is 12.4 Å². The summed E-state index contributed by atoms with van der Waals surface area (Å²) in [4.78, 5) is 5.91. The Labute approximate surface area is 206 Å². The summed E-state index contributed by atoms with van der Waals surface area (Å²) in [6.07, 6.45) is 2.27. The normalized spacial score (nSPS) is 12.7. The van der Waals surface area contributed by atoms with Crippen molar-refractivity contribution in [2.75, 3.05) is 14.2 Å². The quantitative estimate of drug-likeness (QED) is 0.265. The summed E-state index contributed by atoms with van der Waals surface area (Å²) in [5.41, 5.74) is 7.56. The molecule has 1 N–H and O–H groups in total. The summed E-state index contributed by atoms with van der Waals surface area (Å²) in [5.74, 6) is 0.736. The molecule has 1 unspecified atom stereocenters. The second-order valence-corrected chi connectivity index (χ2v) is 9.03. The molecule has 0 bridgehead atoms. The minimum atomic E-state index is -1.23. The fourth-order valence-corrected chi connectivity index (χ4v) is 3.95. The number of rotatable bonds is 13. The van der Waals surface area contributed by atoms with Gasteiger partial charge in [-0.3, -0.25) is 4.84 Å². The van der Waals surface area contributed by atoms with Crippen LogP contribution in [-0.2, 0) is 39.5 Å². The molecule has 5 nitrogen and oxygen atoms in total. The van der Waals surface area contributed by atoms with Gasteiger partial charge in [-0.05, 0) is 60.8 Å². The van der Waals surface area contributed by atoms with E-state index in [1.54, 1.807) is 14.2 Å². The largest absolute Gasteiger partial charge is 0.463 e. The number of hydrogen-bond acceptors (Lipinski definition) is 5. The second kappa shape index (κ2) is 13.9. The second-order valence-electron chi connectivity index (χ2n) is 9.03. The van der Waals surface area contributed by atoms with Crippen LogP contribution < -0.4 is 10.2 Å². The zero-order chi connectivity index (χ0) is 23.7. The number of benzene rings is 2. The van der Waals surface area contributed by atoms with Crippen molar-refractivity contribution in [2.24, 2.45) is 11.8 Å². The van der Waals surface area contributed by atoms with Crippen molar-refractivity contribution in [3.63, 3.8) is 0 Å². The Bertz CT molecular complexity index is 837. The van der Waals surface area contributed by atoms with Crippen molar-refractivity contribution in [1.82, 2.24) is 5.48 Å². The fraction of sp³-hybridized carbons (Fsp3) is 0.556. The lowest BCUT2D eigenvalue weighted by atomic mass is 9.92. The molecule has 0 saturated carbocycles. The molecule has 0 heterocycles. The molecule has 186 valence electrons. The number of hydrogen-bond donors (Lipinski definition) is 1. The number of methoxy groups -OCH3 is 2. The first-order chi connectivity index (χ1) is 15.3. The topological polar surface area (TPSA) is 49.0 Å². The highest BCUT2D eigenvalue weighted by molar-refractivity contribution is 5.85. The van der Waals surface area contributed by atoms with Crippen molar-refractivity contribution in [2.45, 2.75) is 73.0 Å². The molecule has 0 aromatic heterocycles. The molecule has 0 saturated heterocycles. The monoisotopic (exact) mass is 479 g/mol. The third-order valence-corrected chi connectivity index (χ3v) is 5.45. The zero-order valence-electron chi connectivity index (χ0n) is 21.4. The number of aryl methyl sites for hydroxylation is 1. The van der Waals surface area contributed by atoms with Gasteiger partial charge in [0, 0.05) is 19.8 Å². The number of halogens is 1. The number of nitrogens with one attached hydrogen (secondary N) is 1. The zero-order valence-corrected chi connectivity index (χ0v) is 22.3. The van der Waals surface area contributed by atoms with E-state index >= 15 is 0 Å². The fourth-order valence-electron chi connectivity index (χ4n) is 3.95. The molecule has 6 heteroatoms. The molecule has 2 aromatic carbocycles. The van der Waals surface area contributed by atoms with E-state index in [1.165, 1.54) is 11.1 Å². The van der Waals surface area contributed by atoms with Crippen molar-refractivity contribution in [3.05, 3.63) is 64.7 Å². The highest BCUT2D eigenvalue weighted by Crippen LogP contribution is 2.30. The van der Waals surface area contributed by atoms with Crippen LogP contribution in [0.4, 0.5) is 0 Å². The van der Waals surface area contributed by atoms with E-state index in [1.807, 2.05) is 31.2 Å². The van der Waals surface area contributed by atoms with Gasteiger partial charge in [0.1, 0.15) is 5.75 Å². The first-order valence-electron chi connectivity index (χ1n) is 11.6. The van der Waals surface area contributed by atoms with Crippen LogP contribution in [0.25, 0.3) is 0 Å². The molecule has 0 aliphatic heterocycles. The van der Waals surface area contributed by atoms with Crippen molar-refractivity contribution < 1.29 is 19.0 Å². The van der Waals surface area contributed by atoms with Gasteiger partial charge >= 0.3 is 0 Å². The molecule has 0 spiro atoms. The number of ether oxygens (including phenoxy) is 3. The Morgan fingerprint density at radius 3 is 2.00 bits per heavy atom. The predicted molar refractivity (Wildman–Crippen MR) is 137 cm³/mol. The maximum absolute atomic E-state index is 6.25. The molecule has 0 amide bonds. The van der Waals surface area contributed by atoms with Crippen LogP contribution in [0.3, 0.4) is 0 Å². The van der Waals surface area contributed by atoms with E-state index in [0.29, 0.717) is 11.8 Å². The van der Waals surface area contributed by atoms with Crippen LogP contribution in [0, 0.1) is 11.8 Å². The van der Waals surface area contributed by atoms with Crippen LogP contribution in [0.5, 0.6) is 5.75 Å². The van der Waals surface area contributed by atoms with Crippen LogP contribution in [-0.4, -0.2) is 20.5 Å². The molecule has 2 rings (SSSR count). The van der Waals surface area contributed by atoms with Crippen LogP contribution in [0.2, 0.25) is 0 Å². The van der Waals surface area contributed by atoms with Gasteiger partial charge in [-0.15, -0.1) is 17.9 Å². The van der Waals surface area contributed by atoms with E-state index in [9.17, 15) is 0 Å². The molecule has 1 atom stereocenters. The molecule has 33 heavy (non-hydrogen) atoms. The maximum atomic E-state index is 6.25. The van der Waals surface area contributed by atoms with Gasteiger partial charge in [0.25, 0.3) is 5.91 Å². The molecule has 0 aliphatic rings. The van der Waals surface area contributed by atoms with Crippen LogP contribution in [0.15, 0.2) is 42.5 Å². The lowest BCUT2D eigenvalue weighted by Gasteiger charge is -2.34. The molecule has 2 aromatic rings. The lowest BCUT2D eigenvalue weighted by Crippen LogP contribution is -2.48. The average Bonchev–Trinajstić information content (AvgIpc) is 2.76. The van der Waals surface area contributed by atoms with E-state index in [2.05, 4.69) is 58.3 Å².